The molecule has 94 valence electrons. The van der Waals surface area contributed by atoms with Crippen LogP contribution in [0.15, 0.2) is 36.4 Å². The monoisotopic (exact) mass is 247 g/mol. The number of hydrogen-bond donors (Lipinski definition) is 1. The van der Waals surface area contributed by atoms with Gasteiger partial charge < -0.3 is 9.84 Å². The highest BCUT2D eigenvalue weighted by molar-refractivity contribution is 5.82. The van der Waals surface area contributed by atoms with Crippen LogP contribution in [0, 0.1) is 0 Å². The minimum Gasteiger partial charge on any atom is -0.466 e. The quantitative estimate of drug-likeness (QED) is 0.640. The predicted molar refractivity (Wildman–Crippen MR) is 63.9 cm³/mol. The van der Waals surface area contributed by atoms with Gasteiger partial charge in [0.25, 0.3) is 0 Å². The van der Waals surface area contributed by atoms with E-state index in [2.05, 4.69) is 4.74 Å². The molecule has 2 rings (SSSR count). The maximum absolute atomic E-state index is 11.2. The van der Waals surface area contributed by atoms with Crippen molar-refractivity contribution in [2.24, 2.45) is 0 Å². The Balaban J connectivity index is 2.31. The number of esters is 1. The molecule has 0 radical (unpaired) electrons. The summed E-state index contributed by atoms with van der Waals surface area (Å²) in [5, 5.41) is 9.15. The first-order valence-electron chi connectivity index (χ1n) is 5.47. The van der Waals surface area contributed by atoms with Crippen molar-refractivity contribution in [3.8, 4) is 0 Å². The van der Waals surface area contributed by atoms with Crippen molar-refractivity contribution >= 4 is 12.1 Å². The zero-order chi connectivity index (χ0) is 13.1. The summed E-state index contributed by atoms with van der Waals surface area (Å²) in [7, 11) is 1.28. The normalized spacial score (nSPS) is 17.8. The average molecular weight is 247 g/mol. The van der Waals surface area contributed by atoms with E-state index >= 15 is 0 Å². The Labute approximate surface area is 104 Å². The van der Waals surface area contributed by atoms with Crippen LogP contribution in [-0.4, -0.2) is 29.2 Å². The number of carbonyl (C=O) groups is 2. The van der Waals surface area contributed by atoms with Crippen LogP contribution in [0.25, 0.3) is 0 Å². The summed E-state index contributed by atoms with van der Waals surface area (Å²) in [5.74, 6) is -0.496. The average Bonchev–Trinajstić information content (AvgIpc) is 2.75. The van der Waals surface area contributed by atoms with Gasteiger partial charge in [0.05, 0.1) is 19.7 Å². The summed E-state index contributed by atoms with van der Waals surface area (Å²) >= 11 is 0. The fourth-order valence-electron chi connectivity index (χ4n) is 2.05. The number of methoxy groups -OCH3 is 1. The van der Waals surface area contributed by atoms with Crippen LogP contribution in [0.2, 0.25) is 0 Å². The molecule has 1 N–H and O–H groups in total. The van der Waals surface area contributed by atoms with Gasteiger partial charge in [0.2, 0.25) is 0 Å². The Morgan fingerprint density at radius 2 is 2.17 bits per heavy atom. The molecule has 18 heavy (non-hydrogen) atoms. The summed E-state index contributed by atoms with van der Waals surface area (Å²) in [6.45, 7) is 0.335. The smallest absolute Gasteiger partial charge is 0.408 e. The van der Waals surface area contributed by atoms with E-state index in [0.29, 0.717) is 6.54 Å². The molecule has 1 aliphatic heterocycles. The summed E-state index contributed by atoms with van der Waals surface area (Å²) < 4.78 is 4.50. The van der Waals surface area contributed by atoms with Crippen LogP contribution < -0.4 is 0 Å². The SMILES string of the molecule is COC(=O)/C=C/C1c2ccccc2CN1C(=O)O. The second-order valence-corrected chi connectivity index (χ2v) is 3.94. The van der Waals surface area contributed by atoms with Crippen LogP contribution >= 0.6 is 0 Å². The Bertz CT molecular complexity index is 509. The number of fused-ring (bicyclic) bond motifs is 1. The predicted octanol–water partition coefficient (Wildman–Crippen LogP) is 1.95. The maximum Gasteiger partial charge on any atom is 0.408 e. The van der Waals surface area contributed by atoms with Crippen LogP contribution in [0.1, 0.15) is 17.2 Å². The van der Waals surface area contributed by atoms with Gasteiger partial charge in [-0.2, -0.15) is 0 Å². The van der Waals surface area contributed by atoms with E-state index in [4.69, 9.17) is 5.11 Å². The van der Waals surface area contributed by atoms with Gasteiger partial charge in [0.1, 0.15) is 0 Å². The van der Waals surface area contributed by atoms with Gasteiger partial charge >= 0.3 is 12.1 Å². The Morgan fingerprint density at radius 1 is 1.44 bits per heavy atom. The number of carbonyl (C=O) groups excluding carboxylic acids is 1. The molecule has 0 spiro atoms. The molecule has 1 aromatic rings. The third kappa shape index (κ3) is 2.20. The van der Waals surface area contributed by atoms with E-state index in [1.165, 1.54) is 18.1 Å². The van der Waals surface area contributed by atoms with Gasteiger partial charge in [-0.3, -0.25) is 4.90 Å². The molecule has 1 aliphatic rings. The van der Waals surface area contributed by atoms with E-state index < -0.39 is 18.1 Å². The highest BCUT2D eigenvalue weighted by Crippen LogP contribution is 2.34. The highest BCUT2D eigenvalue weighted by atomic mass is 16.5. The van der Waals surface area contributed by atoms with Crippen molar-refractivity contribution in [2.45, 2.75) is 12.6 Å². The summed E-state index contributed by atoms with van der Waals surface area (Å²) in [6, 6.07) is 7.04. The van der Waals surface area contributed by atoms with E-state index in [1.54, 1.807) is 6.08 Å². The second kappa shape index (κ2) is 4.91. The van der Waals surface area contributed by atoms with Crippen LogP contribution in [-0.2, 0) is 16.1 Å². The van der Waals surface area contributed by atoms with Gasteiger partial charge in [-0.25, -0.2) is 9.59 Å². The van der Waals surface area contributed by atoms with Gasteiger partial charge in [-0.1, -0.05) is 30.3 Å². The third-order valence-corrected chi connectivity index (χ3v) is 2.91. The highest BCUT2D eigenvalue weighted by Gasteiger charge is 2.31. The van der Waals surface area contributed by atoms with Gasteiger partial charge in [0, 0.05) is 6.08 Å². The van der Waals surface area contributed by atoms with Gasteiger partial charge in [0.15, 0.2) is 0 Å². The number of rotatable bonds is 2. The number of nitrogens with zero attached hydrogens (tertiary/aromatic N) is 1. The molecule has 1 atom stereocenters. The first kappa shape index (κ1) is 12.2. The van der Waals surface area contributed by atoms with Crippen molar-refractivity contribution in [1.82, 2.24) is 4.90 Å². The van der Waals surface area contributed by atoms with Gasteiger partial charge in [-0.05, 0) is 11.1 Å². The van der Waals surface area contributed by atoms with Crippen LogP contribution in [0.3, 0.4) is 0 Å². The molecule has 5 heteroatoms. The molecular formula is C13H13NO4. The summed E-state index contributed by atoms with van der Waals surface area (Å²) in [6.07, 6.45) is 1.79. The lowest BCUT2D eigenvalue weighted by molar-refractivity contribution is -0.134. The van der Waals surface area contributed by atoms with Crippen molar-refractivity contribution < 1.29 is 19.4 Å². The lowest BCUT2D eigenvalue weighted by atomic mass is 10.0. The molecule has 1 heterocycles. The molecule has 1 aromatic carbocycles. The lowest BCUT2D eigenvalue weighted by Gasteiger charge is -2.18. The topological polar surface area (TPSA) is 66.8 Å². The second-order valence-electron chi connectivity index (χ2n) is 3.94. The molecule has 0 aliphatic carbocycles. The Morgan fingerprint density at radius 3 is 2.83 bits per heavy atom. The molecular weight excluding hydrogens is 234 g/mol. The van der Waals surface area contributed by atoms with E-state index in [-0.39, 0.29) is 0 Å². The van der Waals surface area contributed by atoms with Crippen molar-refractivity contribution in [3.05, 3.63) is 47.5 Å². The van der Waals surface area contributed by atoms with Crippen molar-refractivity contribution in [3.63, 3.8) is 0 Å². The summed E-state index contributed by atoms with van der Waals surface area (Å²) in [4.78, 5) is 23.5. The molecule has 0 aromatic heterocycles. The van der Waals surface area contributed by atoms with Crippen LogP contribution in [0.5, 0.6) is 0 Å². The zero-order valence-electron chi connectivity index (χ0n) is 9.87. The summed E-state index contributed by atoms with van der Waals surface area (Å²) in [5.41, 5.74) is 1.86. The number of ether oxygens (including phenoxy) is 1. The first-order chi connectivity index (χ1) is 8.63. The first-order valence-corrected chi connectivity index (χ1v) is 5.47. The van der Waals surface area contributed by atoms with E-state index in [1.807, 2.05) is 24.3 Å². The number of hydrogen-bond acceptors (Lipinski definition) is 3. The number of carboxylic acid groups (broad SMARTS) is 1. The number of amides is 1. The third-order valence-electron chi connectivity index (χ3n) is 2.91. The molecule has 5 nitrogen and oxygen atoms in total. The molecule has 0 saturated carbocycles. The number of benzene rings is 1. The Hall–Kier alpha value is -2.30. The van der Waals surface area contributed by atoms with Crippen molar-refractivity contribution in [2.75, 3.05) is 7.11 Å². The molecule has 0 saturated heterocycles. The minimum atomic E-state index is -1.01. The standard InChI is InChI=1S/C13H13NO4/c1-18-12(15)7-6-11-10-5-3-2-4-9(10)8-14(11)13(16)17/h2-7,11H,8H2,1H3,(H,16,17)/b7-6+. The van der Waals surface area contributed by atoms with Crippen molar-refractivity contribution in [1.29, 1.82) is 0 Å². The Kier molecular flexibility index (Phi) is 3.32. The van der Waals surface area contributed by atoms with Crippen LogP contribution in [0.4, 0.5) is 4.79 Å². The fourth-order valence-corrected chi connectivity index (χ4v) is 2.05. The molecule has 0 fully saturated rings. The van der Waals surface area contributed by atoms with Gasteiger partial charge in [-0.15, -0.1) is 0 Å². The molecule has 1 unspecified atom stereocenters. The lowest BCUT2D eigenvalue weighted by Crippen LogP contribution is -2.26. The largest absolute Gasteiger partial charge is 0.466 e. The van der Waals surface area contributed by atoms with E-state index in [9.17, 15) is 9.59 Å². The molecule has 0 bridgehead atoms. The maximum atomic E-state index is 11.2. The van der Waals surface area contributed by atoms with E-state index in [0.717, 1.165) is 11.1 Å². The zero-order valence-corrected chi connectivity index (χ0v) is 9.87. The fraction of sp³-hybridized carbons (Fsp3) is 0.231. The molecule has 1 amide bonds. The minimum absolute atomic E-state index is 0.335.